The van der Waals surface area contributed by atoms with E-state index in [-0.39, 0.29) is 24.4 Å². The lowest BCUT2D eigenvalue weighted by Gasteiger charge is -2.41. The van der Waals surface area contributed by atoms with Gasteiger partial charge in [-0.1, -0.05) is 42.5 Å². The van der Waals surface area contributed by atoms with Crippen LogP contribution in [0.5, 0.6) is 5.75 Å². The molecule has 6 nitrogen and oxygen atoms in total. The zero-order valence-electron chi connectivity index (χ0n) is 20.7. The number of hydrogen-bond acceptors (Lipinski definition) is 4. The summed E-state index contributed by atoms with van der Waals surface area (Å²) in [5, 5.41) is 0. The van der Waals surface area contributed by atoms with Crippen LogP contribution in [0.3, 0.4) is 0 Å². The van der Waals surface area contributed by atoms with Gasteiger partial charge in [-0.25, -0.2) is 0 Å². The van der Waals surface area contributed by atoms with Crippen LogP contribution in [0.25, 0.3) is 0 Å². The van der Waals surface area contributed by atoms with Crippen molar-refractivity contribution >= 4 is 17.5 Å². The quantitative estimate of drug-likeness (QED) is 0.493. The molecule has 1 fully saturated rings. The topological polar surface area (TPSA) is 53.1 Å². The minimum Gasteiger partial charge on any atom is -0.497 e. The van der Waals surface area contributed by atoms with Crippen molar-refractivity contribution < 1.29 is 14.3 Å². The smallest absolute Gasteiger partial charge is 0.254 e. The Morgan fingerprint density at radius 1 is 0.943 bits per heavy atom. The van der Waals surface area contributed by atoms with Gasteiger partial charge in [-0.15, -0.1) is 0 Å². The molecule has 6 heteroatoms. The molecule has 0 N–H and O–H groups in total. The molecule has 4 rings (SSSR count). The van der Waals surface area contributed by atoms with Crippen LogP contribution >= 0.6 is 0 Å². The number of amides is 2. The van der Waals surface area contributed by atoms with Crippen LogP contribution in [-0.4, -0.2) is 62.0 Å². The molecule has 1 atom stereocenters. The Morgan fingerprint density at radius 3 is 2.26 bits per heavy atom. The van der Waals surface area contributed by atoms with E-state index in [1.807, 2.05) is 37.2 Å². The van der Waals surface area contributed by atoms with Gasteiger partial charge < -0.3 is 19.4 Å². The molecule has 1 aliphatic heterocycles. The van der Waals surface area contributed by atoms with E-state index in [0.29, 0.717) is 24.4 Å². The van der Waals surface area contributed by atoms with Crippen molar-refractivity contribution in [1.29, 1.82) is 0 Å². The number of ether oxygens (including phenoxy) is 1. The molecule has 2 amide bonds. The van der Waals surface area contributed by atoms with Gasteiger partial charge in [0.15, 0.2) is 0 Å². The maximum atomic E-state index is 13.3. The van der Waals surface area contributed by atoms with Gasteiger partial charge in [0.05, 0.1) is 13.2 Å². The van der Waals surface area contributed by atoms with Crippen molar-refractivity contribution in [3.8, 4) is 5.75 Å². The second-order valence-electron chi connectivity index (χ2n) is 9.17. The number of anilines is 1. The molecule has 0 spiro atoms. The lowest BCUT2D eigenvalue weighted by atomic mass is 10.00. The van der Waals surface area contributed by atoms with Crippen LogP contribution in [0, 0.1) is 0 Å². The Kier molecular flexibility index (Phi) is 7.70. The fraction of sp³-hybridized carbons (Fsp3) is 0.310. The number of nitrogens with zero attached hydrogens (tertiary/aromatic N) is 3. The van der Waals surface area contributed by atoms with E-state index < -0.39 is 0 Å². The van der Waals surface area contributed by atoms with Gasteiger partial charge in [0.25, 0.3) is 5.91 Å². The van der Waals surface area contributed by atoms with Crippen molar-refractivity contribution in [2.75, 3.05) is 39.2 Å². The summed E-state index contributed by atoms with van der Waals surface area (Å²) < 4.78 is 5.21. The molecule has 1 aliphatic rings. The summed E-state index contributed by atoms with van der Waals surface area (Å²) in [6.07, 6.45) is 1.64. The van der Waals surface area contributed by atoms with Gasteiger partial charge in [-0.05, 0) is 60.4 Å². The third-order valence-corrected chi connectivity index (χ3v) is 6.56. The summed E-state index contributed by atoms with van der Waals surface area (Å²) in [5.41, 5.74) is 4.00. The van der Waals surface area contributed by atoms with Crippen molar-refractivity contribution in [2.24, 2.45) is 0 Å². The Labute approximate surface area is 207 Å². The first kappa shape index (κ1) is 24.3. The molecule has 182 valence electrons. The summed E-state index contributed by atoms with van der Waals surface area (Å²) in [4.78, 5) is 32.3. The summed E-state index contributed by atoms with van der Waals surface area (Å²) in [6.45, 7) is 1.14. The Bertz CT molecular complexity index is 1130. The number of benzene rings is 3. The van der Waals surface area contributed by atoms with E-state index in [2.05, 4.69) is 41.3 Å². The fourth-order valence-corrected chi connectivity index (χ4v) is 4.48. The normalized spacial score (nSPS) is 15.7. The number of aryl methyl sites for hydroxylation is 1. The third-order valence-electron chi connectivity index (χ3n) is 6.56. The largest absolute Gasteiger partial charge is 0.497 e. The fourth-order valence-electron chi connectivity index (χ4n) is 4.48. The van der Waals surface area contributed by atoms with E-state index >= 15 is 0 Å². The zero-order valence-corrected chi connectivity index (χ0v) is 20.7. The minimum absolute atomic E-state index is 0.0205. The molecule has 0 aromatic heterocycles. The standard InChI is InChI=1S/C29H33N3O3/c1-30(2)25-14-10-23(11-15-25)19-32-26(16-9-22-7-5-4-6-8-22)20-31(21-28(32)33)29(34)24-12-17-27(35-3)18-13-24/h4-8,10-15,17-18,26H,9,16,19-21H2,1-3H3/t26-/m0/s1. The van der Waals surface area contributed by atoms with E-state index in [4.69, 9.17) is 4.74 Å². The zero-order chi connectivity index (χ0) is 24.8. The summed E-state index contributed by atoms with van der Waals surface area (Å²) in [5.74, 6) is 0.553. The monoisotopic (exact) mass is 471 g/mol. The molecule has 35 heavy (non-hydrogen) atoms. The molecule has 0 aliphatic carbocycles. The SMILES string of the molecule is COc1ccc(C(=O)N2CC(=O)N(Cc3ccc(N(C)C)cc3)[C@@H](CCc3ccccc3)C2)cc1. The molecule has 0 saturated carbocycles. The highest BCUT2D eigenvalue weighted by Gasteiger charge is 2.34. The van der Waals surface area contributed by atoms with Crippen LogP contribution < -0.4 is 9.64 Å². The molecule has 0 radical (unpaired) electrons. The number of piperazine rings is 1. The van der Waals surface area contributed by atoms with Crippen LogP contribution in [-0.2, 0) is 17.8 Å². The van der Waals surface area contributed by atoms with Gasteiger partial charge in [0, 0.05) is 38.4 Å². The van der Waals surface area contributed by atoms with Crippen molar-refractivity contribution in [1.82, 2.24) is 9.80 Å². The number of carbonyl (C=O) groups excluding carboxylic acids is 2. The van der Waals surface area contributed by atoms with Crippen LogP contribution in [0.1, 0.15) is 27.9 Å². The summed E-state index contributed by atoms with van der Waals surface area (Å²) in [6, 6.07) is 25.6. The summed E-state index contributed by atoms with van der Waals surface area (Å²) >= 11 is 0. The molecular formula is C29H33N3O3. The van der Waals surface area contributed by atoms with Gasteiger partial charge in [-0.3, -0.25) is 9.59 Å². The summed E-state index contributed by atoms with van der Waals surface area (Å²) in [7, 11) is 5.62. The number of carbonyl (C=O) groups is 2. The predicted octanol–water partition coefficient (Wildman–Crippen LogP) is 4.25. The van der Waals surface area contributed by atoms with Gasteiger partial charge in [-0.2, -0.15) is 0 Å². The van der Waals surface area contributed by atoms with Crippen molar-refractivity contribution in [2.45, 2.75) is 25.4 Å². The molecule has 1 heterocycles. The minimum atomic E-state index is -0.124. The first-order valence-electron chi connectivity index (χ1n) is 12.0. The average Bonchev–Trinajstić information content (AvgIpc) is 2.89. The number of hydrogen-bond donors (Lipinski definition) is 0. The molecular weight excluding hydrogens is 438 g/mol. The molecule has 3 aromatic carbocycles. The average molecular weight is 472 g/mol. The highest BCUT2D eigenvalue weighted by molar-refractivity contribution is 5.97. The maximum absolute atomic E-state index is 13.3. The molecule has 0 unspecified atom stereocenters. The van der Waals surface area contributed by atoms with Gasteiger partial charge in [0.2, 0.25) is 5.91 Å². The Balaban J connectivity index is 1.52. The second-order valence-corrected chi connectivity index (χ2v) is 9.17. The first-order chi connectivity index (χ1) is 16.9. The Hall–Kier alpha value is -3.80. The molecule has 1 saturated heterocycles. The van der Waals surface area contributed by atoms with Crippen molar-refractivity contribution in [3.63, 3.8) is 0 Å². The van der Waals surface area contributed by atoms with E-state index in [1.165, 1.54) is 5.56 Å². The highest BCUT2D eigenvalue weighted by atomic mass is 16.5. The van der Waals surface area contributed by atoms with E-state index in [0.717, 1.165) is 24.1 Å². The van der Waals surface area contributed by atoms with Gasteiger partial charge >= 0.3 is 0 Å². The predicted molar refractivity (Wildman–Crippen MR) is 139 cm³/mol. The van der Waals surface area contributed by atoms with Crippen molar-refractivity contribution in [3.05, 3.63) is 95.6 Å². The third kappa shape index (κ3) is 6.01. The van der Waals surface area contributed by atoms with E-state index in [9.17, 15) is 9.59 Å². The lowest BCUT2D eigenvalue weighted by molar-refractivity contribution is -0.139. The lowest BCUT2D eigenvalue weighted by Crippen LogP contribution is -2.57. The molecule has 3 aromatic rings. The van der Waals surface area contributed by atoms with Crippen LogP contribution in [0.4, 0.5) is 5.69 Å². The van der Waals surface area contributed by atoms with Gasteiger partial charge in [0.1, 0.15) is 12.3 Å². The van der Waals surface area contributed by atoms with Crippen LogP contribution in [0.2, 0.25) is 0 Å². The van der Waals surface area contributed by atoms with Crippen LogP contribution in [0.15, 0.2) is 78.9 Å². The van der Waals surface area contributed by atoms with E-state index in [1.54, 1.807) is 36.3 Å². The first-order valence-corrected chi connectivity index (χ1v) is 12.0. The molecule has 0 bridgehead atoms. The maximum Gasteiger partial charge on any atom is 0.254 e. The number of rotatable bonds is 8. The highest BCUT2D eigenvalue weighted by Crippen LogP contribution is 2.23. The number of methoxy groups -OCH3 is 1. The second kappa shape index (κ2) is 11.1. The Morgan fingerprint density at radius 2 is 1.63 bits per heavy atom.